The Labute approximate surface area is 161 Å². The zero-order chi connectivity index (χ0) is 19.0. The van der Waals surface area contributed by atoms with E-state index >= 15 is 0 Å². The zero-order valence-electron chi connectivity index (χ0n) is 14.7. The van der Waals surface area contributed by atoms with Gasteiger partial charge in [0.2, 0.25) is 0 Å². The molecule has 3 heterocycles. The summed E-state index contributed by atoms with van der Waals surface area (Å²) in [6.45, 7) is 2.09. The van der Waals surface area contributed by atoms with Gasteiger partial charge in [0.05, 0.1) is 5.69 Å². The summed E-state index contributed by atoms with van der Waals surface area (Å²) < 4.78 is 1.47. The number of hydrogen-bond donors (Lipinski definition) is 2. The van der Waals surface area contributed by atoms with E-state index in [0.29, 0.717) is 11.4 Å². The summed E-state index contributed by atoms with van der Waals surface area (Å²) in [4.78, 5) is 23.7. The lowest BCUT2D eigenvalue weighted by Gasteiger charge is -2.10. The number of aromatic amines is 1. The third-order valence-corrected chi connectivity index (χ3v) is 4.92. The Balaban J connectivity index is 1.82. The van der Waals surface area contributed by atoms with E-state index in [4.69, 9.17) is 17.3 Å². The number of fused-ring (bicyclic) bond motifs is 1. The van der Waals surface area contributed by atoms with Gasteiger partial charge in [-0.05, 0) is 41.8 Å². The van der Waals surface area contributed by atoms with E-state index in [2.05, 4.69) is 21.9 Å². The van der Waals surface area contributed by atoms with Crippen molar-refractivity contribution in [2.75, 3.05) is 0 Å². The molecule has 4 aromatic rings. The number of aryl methyl sites for hydroxylation is 1. The van der Waals surface area contributed by atoms with Gasteiger partial charge in [-0.3, -0.25) is 4.57 Å². The molecule has 1 amide bonds. The zero-order valence-corrected chi connectivity index (χ0v) is 15.5. The van der Waals surface area contributed by atoms with Crippen LogP contribution in [-0.4, -0.2) is 25.6 Å². The first-order chi connectivity index (χ1) is 13.1. The number of primary amides is 1. The monoisotopic (exact) mass is 379 g/mol. The van der Waals surface area contributed by atoms with E-state index in [9.17, 15) is 4.79 Å². The molecule has 1 aromatic carbocycles. The molecule has 0 aliphatic rings. The van der Waals surface area contributed by atoms with Crippen molar-refractivity contribution in [3.8, 4) is 11.3 Å². The molecular formula is C20H18ClN5O. The largest absolute Gasteiger partial charge is 0.351 e. The molecule has 0 atom stereocenters. The first-order valence-corrected chi connectivity index (χ1v) is 9.01. The van der Waals surface area contributed by atoms with Crippen LogP contribution in [-0.2, 0) is 12.8 Å². The van der Waals surface area contributed by atoms with Crippen LogP contribution in [0.3, 0.4) is 0 Å². The first-order valence-electron chi connectivity index (χ1n) is 8.63. The van der Waals surface area contributed by atoms with E-state index in [1.165, 1.54) is 16.5 Å². The second-order valence-corrected chi connectivity index (χ2v) is 6.77. The number of hydrogen-bond acceptors (Lipinski definition) is 3. The first kappa shape index (κ1) is 17.3. The molecule has 0 radical (unpaired) electrons. The summed E-state index contributed by atoms with van der Waals surface area (Å²) in [7, 11) is 0. The number of carbonyl (C=O) groups is 1. The maximum absolute atomic E-state index is 12.0. The number of rotatable bonds is 4. The predicted molar refractivity (Wildman–Crippen MR) is 106 cm³/mol. The van der Waals surface area contributed by atoms with Crippen LogP contribution in [0.2, 0.25) is 5.02 Å². The Morgan fingerprint density at radius 1 is 1.22 bits per heavy atom. The molecule has 3 N–H and O–H groups in total. The van der Waals surface area contributed by atoms with E-state index in [1.807, 2.05) is 36.5 Å². The van der Waals surface area contributed by atoms with Crippen LogP contribution >= 0.6 is 11.6 Å². The maximum atomic E-state index is 12.0. The van der Waals surface area contributed by atoms with Crippen molar-refractivity contribution in [3.05, 3.63) is 70.9 Å². The average Bonchev–Trinajstić information content (AvgIpc) is 3.28. The SMILES string of the molecule is CCc1ccc(Cl)cc1Cc1cc(-c2ncnc3[nH]ccc23)cn1C(N)=O. The number of amides is 1. The van der Waals surface area contributed by atoms with Crippen molar-refractivity contribution in [1.29, 1.82) is 0 Å². The summed E-state index contributed by atoms with van der Waals surface area (Å²) in [6, 6.07) is 9.16. The number of benzene rings is 1. The Kier molecular flexibility index (Phi) is 4.41. The van der Waals surface area contributed by atoms with Gasteiger partial charge in [-0.15, -0.1) is 0 Å². The number of nitrogens with zero attached hydrogens (tertiary/aromatic N) is 3. The fraction of sp³-hybridized carbons (Fsp3) is 0.150. The van der Waals surface area contributed by atoms with Crippen LogP contribution in [0.5, 0.6) is 0 Å². The van der Waals surface area contributed by atoms with E-state index < -0.39 is 6.03 Å². The molecule has 0 fully saturated rings. The molecule has 0 saturated heterocycles. The Hall–Kier alpha value is -3.12. The summed E-state index contributed by atoms with van der Waals surface area (Å²) in [5.74, 6) is 0. The summed E-state index contributed by atoms with van der Waals surface area (Å²) in [6.07, 6.45) is 6.47. The lowest BCUT2D eigenvalue weighted by atomic mass is 10.0. The van der Waals surface area contributed by atoms with E-state index in [0.717, 1.165) is 40.0 Å². The highest BCUT2D eigenvalue weighted by molar-refractivity contribution is 6.30. The quantitative estimate of drug-likeness (QED) is 0.557. The van der Waals surface area contributed by atoms with Crippen molar-refractivity contribution in [1.82, 2.24) is 19.5 Å². The third-order valence-electron chi connectivity index (χ3n) is 4.69. The number of aromatic nitrogens is 4. The molecule has 3 aromatic heterocycles. The van der Waals surface area contributed by atoms with Crippen molar-refractivity contribution >= 4 is 28.7 Å². The standard InChI is InChI=1S/C20H18ClN5O/c1-2-12-3-4-15(21)7-13(12)8-16-9-14(10-26(16)20(22)27)18-17-5-6-23-19(17)25-11-24-18/h3-7,9-11H,2,8H2,1H3,(H2,22,27)(H,23,24,25). The Bertz CT molecular complexity index is 1140. The van der Waals surface area contributed by atoms with Crippen LogP contribution in [0, 0.1) is 0 Å². The number of halogens is 1. The number of H-pyrrole nitrogens is 1. The van der Waals surface area contributed by atoms with Crippen molar-refractivity contribution < 1.29 is 4.79 Å². The molecule has 4 rings (SSSR count). The normalized spacial score (nSPS) is 11.2. The highest BCUT2D eigenvalue weighted by atomic mass is 35.5. The lowest BCUT2D eigenvalue weighted by molar-refractivity contribution is 0.250. The van der Waals surface area contributed by atoms with Crippen LogP contribution < -0.4 is 5.73 Å². The van der Waals surface area contributed by atoms with Gasteiger partial charge in [-0.25, -0.2) is 14.8 Å². The summed E-state index contributed by atoms with van der Waals surface area (Å²) in [5, 5.41) is 1.56. The van der Waals surface area contributed by atoms with Crippen LogP contribution in [0.25, 0.3) is 22.3 Å². The molecule has 0 aliphatic carbocycles. The van der Waals surface area contributed by atoms with Crippen molar-refractivity contribution in [2.24, 2.45) is 5.73 Å². The topological polar surface area (TPSA) is 89.6 Å². The molecule has 27 heavy (non-hydrogen) atoms. The second kappa shape index (κ2) is 6.89. The van der Waals surface area contributed by atoms with Gasteiger partial charge in [0.15, 0.2) is 0 Å². The van der Waals surface area contributed by atoms with Crippen molar-refractivity contribution in [3.63, 3.8) is 0 Å². The highest BCUT2D eigenvalue weighted by Crippen LogP contribution is 2.28. The van der Waals surface area contributed by atoms with Gasteiger partial charge in [0.25, 0.3) is 0 Å². The minimum atomic E-state index is -0.532. The van der Waals surface area contributed by atoms with Gasteiger partial charge >= 0.3 is 6.03 Å². The molecule has 0 bridgehead atoms. The fourth-order valence-corrected chi connectivity index (χ4v) is 3.58. The number of nitrogens with one attached hydrogen (secondary N) is 1. The van der Waals surface area contributed by atoms with Gasteiger partial charge in [0.1, 0.15) is 12.0 Å². The van der Waals surface area contributed by atoms with E-state index in [-0.39, 0.29) is 0 Å². The molecule has 0 spiro atoms. The Morgan fingerprint density at radius 2 is 2.07 bits per heavy atom. The van der Waals surface area contributed by atoms with Gasteiger partial charge < -0.3 is 10.7 Å². The number of nitrogens with two attached hydrogens (primary N) is 1. The molecule has 7 heteroatoms. The van der Waals surface area contributed by atoms with Crippen LogP contribution in [0.4, 0.5) is 4.79 Å². The van der Waals surface area contributed by atoms with Gasteiger partial charge in [-0.1, -0.05) is 24.6 Å². The molecular weight excluding hydrogens is 362 g/mol. The van der Waals surface area contributed by atoms with Gasteiger partial charge in [-0.2, -0.15) is 0 Å². The molecule has 0 saturated carbocycles. The van der Waals surface area contributed by atoms with E-state index in [1.54, 1.807) is 6.20 Å². The minimum Gasteiger partial charge on any atom is -0.351 e. The number of carbonyl (C=O) groups excluding carboxylic acids is 1. The summed E-state index contributed by atoms with van der Waals surface area (Å²) in [5.41, 5.74) is 11.0. The minimum absolute atomic E-state index is 0.532. The Morgan fingerprint density at radius 3 is 2.85 bits per heavy atom. The highest BCUT2D eigenvalue weighted by Gasteiger charge is 2.16. The maximum Gasteiger partial charge on any atom is 0.323 e. The smallest absolute Gasteiger partial charge is 0.323 e. The van der Waals surface area contributed by atoms with Crippen LogP contribution in [0.1, 0.15) is 23.7 Å². The molecule has 0 aliphatic heterocycles. The van der Waals surface area contributed by atoms with Crippen molar-refractivity contribution in [2.45, 2.75) is 19.8 Å². The molecule has 6 nitrogen and oxygen atoms in total. The second-order valence-electron chi connectivity index (χ2n) is 6.33. The third kappa shape index (κ3) is 3.19. The van der Waals surface area contributed by atoms with Crippen LogP contribution in [0.15, 0.2) is 49.1 Å². The fourth-order valence-electron chi connectivity index (χ4n) is 3.38. The lowest BCUT2D eigenvalue weighted by Crippen LogP contribution is -2.21. The average molecular weight is 380 g/mol. The summed E-state index contributed by atoms with van der Waals surface area (Å²) >= 11 is 6.18. The molecule has 0 unspecified atom stereocenters. The van der Waals surface area contributed by atoms with Gasteiger partial charge in [0, 0.05) is 40.5 Å². The molecule has 136 valence electrons. The predicted octanol–water partition coefficient (Wildman–Crippen LogP) is 4.16.